The maximum absolute atomic E-state index is 8.62. The number of hydrogen-bond donors (Lipinski definition) is 0. The highest BCUT2D eigenvalue weighted by molar-refractivity contribution is 6.62. The van der Waals surface area contributed by atoms with Crippen LogP contribution in [0, 0.1) is 0 Å². The van der Waals surface area contributed by atoms with Crippen molar-refractivity contribution in [1.82, 2.24) is 4.90 Å². The van der Waals surface area contributed by atoms with Gasteiger partial charge in [-0.3, -0.25) is 0 Å². The van der Waals surface area contributed by atoms with Crippen molar-refractivity contribution in [3.63, 3.8) is 0 Å². The van der Waals surface area contributed by atoms with Crippen LogP contribution in [-0.2, 0) is 9.31 Å². The van der Waals surface area contributed by atoms with Gasteiger partial charge in [-0.15, -0.1) is 0 Å². The first-order valence-electron chi connectivity index (χ1n) is 14.1. The van der Waals surface area contributed by atoms with Crippen molar-refractivity contribution in [2.24, 2.45) is 0 Å². The average molecular weight is 353 g/mol. The number of anilines is 1. The Labute approximate surface area is 168 Å². The van der Waals surface area contributed by atoms with Gasteiger partial charge in [0.2, 0.25) is 0 Å². The quantitative estimate of drug-likeness (QED) is 0.780. The van der Waals surface area contributed by atoms with Gasteiger partial charge in [0, 0.05) is 41.3 Å². The lowest BCUT2D eigenvalue weighted by Gasteiger charge is -2.34. The molecule has 25 heavy (non-hydrogen) atoms. The topological polar surface area (TPSA) is 24.9 Å². The van der Waals surface area contributed by atoms with Crippen LogP contribution in [0.1, 0.15) is 67.1 Å². The largest absolute Gasteiger partial charge is 0.494 e. The Morgan fingerprint density at radius 3 is 2.24 bits per heavy atom. The summed E-state index contributed by atoms with van der Waals surface area (Å²) in [6, 6.07) is 4.75. The van der Waals surface area contributed by atoms with E-state index in [1.165, 1.54) is 12.1 Å². The molecule has 0 atom stereocenters. The van der Waals surface area contributed by atoms with Crippen molar-refractivity contribution in [2.75, 3.05) is 37.9 Å². The highest BCUT2D eigenvalue weighted by atomic mass is 16.7. The molecule has 0 amide bonds. The van der Waals surface area contributed by atoms with E-state index in [-0.39, 0.29) is 16.5 Å². The molecule has 4 nitrogen and oxygen atoms in total. The predicted molar refractivity (Wildman–Crippen MR) is 104 cm³/mol. The minimum absolute atomic E-state index is 0.125. The molecular formula is C20H31BN2O2. The van der Waals surface area contributed by atoms with Crippen LogP contribution in [-0.4, -0.2) is 56.2 Å². The molecule has 1 saturated carbocycles. The molecule has 136 valence electrons. The SMILES string of the molecule is [2H]C([2H])([2H])N1C([2H])([2H])C([2H])([2H])N(c2cc(B3OC(C)(C)C(C)(C)O3)cc(C3CC3)c2)C([2H])([2H])C1([2H])[2H]. The number of nitrogens with zero attached hydrogens (tertiary/aromatic N) is 2. The Kier molecular flexibility index (Phi) is 2.11. The monoisotopic (exact) mass is 353 g/mol. The average Bonchev–Trinajstić information content (AvgIpc) is 3.45. The van der Waals surface area contributed by atoms with E-state index in [4.69, 9.17) is 24.4 Å². The lowest BCUT2D eigenvalue weighted by molar-refractivity contribution is 0.00578. The molecule has 0 N–H and O–H groups in total. The Bertz CT molecular complexity index is 1010. The summed E-state index contributed by atoms with van der Waals surface area (Å²) >= 11 is 0. The van der Waals surface area contributed by atoms with Crippen LogP contribution < -0.4 is 10.4 Å². The third-order valence-electron chi connectivity index (χ3n) is 5.34. The van der Waals surface area contributed by atoms with Crippen LogP contribution in [0.4, 0.5) is 5.69 Å². The summed E-state index contributed by atoms with van der Waals surface area (Å²) in [7, 11) is -0.874. The van der Waals surface area contributed by atoms with E-state index < -0.39 is 51.3 Å². The smallest absolute Gasteiger partial charge is 0.399 e. The molecule has 3 fully saturated rings. The van der Waals surface area contributed by atoms with Crippen molar-refractivity contribution in [3.8, 4) is 0 Å². The van der Waals surface area contributed by atoms with Crippen molar-refractivity contribution >= 4 is 18.3 Å². The third kappa shape index (κ3) is 3.34. The Balaban J connectivity index is 1.90. The molecule has 0 unspecified atom stereocenters. The van der Waals surface area contributed by atoms with Crippen LogP contribution in [0.5, 0.6) is 0 Å². The van der Waals surface area contributed by atoms with Crippen LogP contribution in [0.2, 0.25) is 0 Å². The Morgan fingerprint density at radius 1 is 1.04 bits per heavy atom. The highest BCUT2D eigenvalue weighted by Gasteiger charge is 2.52. The predicted octanol–water partition coefficient (Wildman–Crippen LogP) is 2.62. The van der Waals surface area contributed by atoms with Gasteiger partial charge in [0.1, 0.15) is 0 Å². The summed E-state index contributed by atoms with van der Waals surface area (Å²) in [5.74, 6) is 0.125. The second-order valence-corrected chi connectivity index (χ2v) is 7.84. The number of benzene rings is 1. The van der Waals surface area contributed by atoms with Gasteiger partial charge in [0.05, 0.1) is 16.7 Å². The van der Waals surface area contributed by atoms with Gasteiger partial charge in [-0.05, 0) is 76.6 Å². The van der Waals surface area contributed by atoms with Crippen molar-refractivity contribution in [2.45, 2.75) is 57.7 Å². The van der Waals surface area contributed by atoms with E-state index in [1.54, 1.807) is 0 Å². The molecule has 2 aliphatic heterocycles. The minimum Gasteiger partial charge on any atom is -0.399 e. The van der Waals surface area contributed by atoms with Gasteiger partial charge in [-0.2, -0.15) is 0 Å². The second kappa shape index (κ2) is 6.00. The van der Waals surface area contributed by atoms with Crippen LogP contribution >= 0.6 is 0 Å². The standard InChI is InChI=1S/C20H31BN2O2/c1-19(2)20(3,4)25-21(24-19)17-12-16(15-6-7-15)13-18(14-17)23-10-8-22(5)9-11-23/h12-15H,6-11H2,1-5H3/i5D3,8D2,9D2,10D2,11D2. The van der Waals surface area contributed by atoms with E-state index >= 15 is 0 Å². The number of likely N-dealkylation sites (N-methyl/N-ethyl adjacent to an activating group) is 1. The summed E-state index contributed by atoms with van der Waals surface area (Å²) in [5.41, 5.74) is -0.298. The van der Waals surface area contributed by atoms with Crippen molar-refractivity contribution in [3.05, 3.63) is 23.8 Å². The van der Waals surface area contributed by atoms with E-state index in [0.29, 0.717) is 10.4 Å². The molecule has 4 rings (SSSR count). The van der Waals surface area contributed by atoms with Gasteiger partial charge in [0.25, 0.3) is 0 Å². The molecule has 1 aliphatic carbocycles. The first kappa shape index (κ1) is 8.77. The first-order valence-corrected chi connectivity index (χ1v) is 8.60. The summed E-state index contributed by atoms with van der Waals surface area (Å²) in [6.07, 6.45) is 1.72. The Hall–Kier alpha value is -1.04. The van der Waals surface area contributed by atoms with E-state index in [9.17, 15) is 0 Å². The number of rotatable bonds is 3. The molecule has 0 radical (unpaired) electrons. The number of piperazine rings is 1. The summed E-state index contributed by atoms with van der Waals surface area (Å²) in [4.78, 5) is 0.0756. The molecule has 0 bridgehead atoms. The van der Waals surface area contributed by atoms with E-state index in [2.05, 4.69) is 0 Å². The zero-order chi connectivity index (χ0) is 27.5. The van der Waals surface area contributed by atoms with Gasteiger partial charge in [-0.25, -0.2) is 0 Å². The molecule has 0 aromatic heterocycles. The fraction of sp³-hybridized carbons (Fsp3) is 0.700. The fourth-order valence-corrected chi connectivity index (χ4v) is 2.94. The first-order chi connectivity index (χ1) is 16.0. The van der Waals surface area contributed by atoms with E-state index in [0.717, 1.165) is 18.4 Å². The van der Waals surface area contributed by atoms with Gasteiger partial charge in [0.15, 0.2) is 0 Å². The zero-order valence-corrected chi connectivity index (χ0v) is 15.0. The second-order valence-electron chi connectivity index (χ2n) is 7.84. The van der Waals surface area contributed by atoms with Gasteiger partial charge in [-0.1, -0.05) is 6.07 Å². The van der Waals surface area contributed by atoms with Crippen LogP contribution in [0.15, 0.2) is 18.2 Å². The molecule has 0 spiro atoms. The minimum atomic E-state index is -3.45. The summed E-state index contributed by atoms with van der Waals surface area (Å²) in [6.45, 7) is -9.43. The molecule has 1 aromatic carbocycles. The maximum Gasteiger partial charge on any atom is 0.494 e. The summed E-state index contributed by atoms with van der Waals surface area (Å²) < 4.78 is 103. The summed E-state index contributed by atoms with van der Waals surface area (Å²) in [5, 5.41) is 0. The highest BCUT2D eigenvalue weighted by Crippen LogP contribution is 2.42. The van der Waals surface area contributed by atoms with Gasteiger partial charge < -0.3 is 19.1 Å². The maximum atomic E-state index is 8.62. The van der Waals surface area contributed by atoms with Crippen molar-refractivity contribution < 1.29 is 24.4 Å². The lowest BCUT2D eigenvalue weighted by atomic mass is 9.77. The third-order valence-corrected chi connectivity index (χ3v) is 5.34. The molecule has 2 saturated heterocycles. The normalized spacial score (nSPS) is 41.4. The molecule has 5 heteroatoms. The Morgan fingerprint density at radius 2 is 1.68 bits per heavy atom. The number of hydrogen-bond acceptors (Lipinski definition) is 4. The van der Waals surface area contributed by atoms with Crippen LogP contribution in [0.3, 0.4) is 0 Å². The lowest BCUT2D eigenvalue weighted by Crippen LogP contribution is -2.45. The molecule has 3 aliphatic rings. The zero-order valence-electron chi connectivity index (χ0n) is 26.0. The fourth-order valence-electron chi connectivity index (χ4n) is 2.94. The van der Waals surface area contributed by atoms with Gasteiger partial charge >= 0.3 is 7.12 Å². The van der Waals surface area contributed by atoms with E-state index in [1.807, 2.05) is 33.8 Å². The molecular weight excluding hydrogens is 311 g/mol. The van der Waals surface area contributed by atoms with Crippen molar-refractivity contribution in [1.29, 1.82) is 0 Å². The molecule has 2 heterocycles. The van der Waals surface area contributed by atoms with Crippen LogP contribution in [0.25, 0.3) is 0 Å². The molecule has 1 aromatic rings.